The summed E-state index contributed by atoms with van der Waals surface area (Å²) in [5, 5.41) is 14.6. The number of rotatable bonds is 3. The second kappa shape index (κ2) is 5.39. The molecule has 0 aliphatic carbocycles. The van der Waals surface area contributed by atoms with Gasteiger partial charge in [0.2, 0.25) is 0 Å². The van der Waals surface area contributed by atoms with Crippen LogP contribution in [-0.4, -0.2) is 17.9 Å². The zero-order valence-electron chi connectivity index (χ0n) is 10.6. The Morgan fingerprint density at radius 2 is 1.89 bits per heavy atom. The van der Waals surface area contributed by atoms with Crippen molar-refractivity contribution >= 4 is 28.3 Å². The predicted octanol–water partition coefficient (Wildman–Crippen LogP) is 2.29. The Morgan fingerprint density at radius 3 is 2.63 bits per heavy atom. The molecule has 5 heteroatoms. The molecule has 1 unspecified atom stereocenters. The van der Waals surface area contributed by atoms with Crippen molar-refractivity contribution in [2.24, 2.45) is 5.73 Å². The van der Waals surface area contributed by atoms with Gasteiger partial charge >= 0.3 is 6.03 Å². The third-order valence-corrected chi connectivity index (χ3v) is 2.85. The van der Waals surface area contributed by atoms with Crippen molar-refractivity contribution in [1.29, 1.82) is 5.41 Å². The minimum atomic E-state index is -0.491. The second-order valence-corrected chi connectivity index (χ2v) is 4.30. The van der Waals surface area contributed by atoms with Crippen molar-refractivity contribution < 1.29 is 4.79 Å². The van der Waals surface area contributed by atoms with Crippen LogP contribution in [0.4, 0.5) is 10.5 Å². The SMILES string of the molecule is CC(NC(=O)Nc1cccc2ccccc12)C(=N)N. The molecule has 98 valence electrons. The number of amidine groups is 1. The summed E-state index contributed by atoms with van der Waals surface area (Å²) in [7, 11) is 0. The quantitative estimate of drug-likeness (QED) is 0.501. The molecule has 0 bridgehead atoms. The first-order valence-electron chi connectivity index (χ1n) is 5.97. The minimum absolute atomic E-state index is 0.0759. The Bertz CT molecular complexity index is 618. The van der Waals surface area contributed by atoms with Crippen LogP contribution in [0.5, 0.6) is 0 Å². The summed E-state index contributed by atoms with van der Waals surface area (Å²) in [6, 6.07) is 12.6. The van der Waals surface area contributed by atoms with Gasteiger partial charge in [-0.1, -0.05) is 36.4 Å². The molecule has 0 aromatic heterocycles. The first kappa shape index (κ1) is 12.9. The number of nitrogens with one attached hydrogen (secondary N) is 3. The van der Waals surface area contributed by atoms with Crippen LogP contribution >= 0.6 is 0 Å². The van der Waals surface area contributed by atoms with Gasteiger partial charge in [-0.25, -0.2) is 4.79 Å². The standard InChI is InChI=1S/C14H16N4O/c1-9(13(15)16)17-14(19)18-12-8-4-6-10-5-2-3-7-11(10)12/h2-9H,1H3,(H3,15,16)(H2,17,18,19). The topological polar surface area (TPSA) is 91.0 Å². The van der Waals surface area contributed by atoms with Crippen molar-refractivity contribution in [2.45, 2.75) is 13.0 Å². The number of anilines is 1. The van der Waals surface area contributed by atoms with E-state index in [1.807, 2.05) is 42.5 Å². The number of hydrogen-bond donors (Lipinski definition) is 4. The number of fused-ring (bicyclic) bond motifs is 1. The monoisotopic (exact) mass is 256 g/mol. The molecule has 2 aromatic carbocycles. The summed E-state index contributed by atoms with van der Waals surface area (Å²) in [6.45, 7) is 1.66. The molecule has 0 spiro atoms. The zero-order valence-corrected chi connectivity index (χ0v) is 10.6. The van der Waals surface area contributed by atoms with E-state index in [4.69, 9.17) is 11.1 Å². The van der Waals surface area contributed by atoms with Crippen molar-refractivity contribution in [3.8, 4) is 0 Å². The van der Waals surface area contributed by atoms with Gasteiger partial charge in [0.1, 0.15) is 5.84 Å². The average molecular weight is 256 g/mol. The number of carbonyl (C=O) groups excluding carboxylic acids is 1. The normalized spacial score (nSPS) is 11.8. The maximum absolute atomic E-state index is 11.8. The van der Waals surface area contributed by atoms with Crippen LogP contribution in [0, 0.1) is 5.41 Å². The molecular weight excluding hydrogens is 240 g/mol. The lowest BCUT2D eigenvalue weighted by Gasteiger charge is -2.14. The van der Waals surface area contributed by atoms with Gasteiger partial charge in [-0.3, -0.25) is 5.41 Å². The fourth-order valence-corrected chi connectivity index (χ4v) is 1.77. The highest BCUT2D eigenvalue weighted by Gasteiger charge is 2.10. The van der Waals surface area contributed by atoms with E-state index in [9.17, 15) is 4.79 Å². The Balaban J connectivity index is 2.17. The van der Waals surface area contributed by atoms with E-state index in [1.165, 1.54) is 0 Å². The number of hydrogen-bond acceptors (Lipinski definition) is 2. The highest BCUT2D eigenvalue weighted by atomic mass is 16.2. The van der Waals surface area contributed by atoms with Gasteiger partial charge in [0.25, 0.3) is 0 Å². The van der Waals surface area contributed by atoms with Crippen LogP contribution in [-0.2, 0) is 0 Å². The van der Waals surface area contributed by atoms with E-state index in [0.717, 1.165) is 16.5 Å². The smallest absolute Gasteiger partial charge is 0.319 e. The Kier molecular flexibility index (Phi) is 3.66. The molecule has 19 heavy (non-hydrogen) atoms. The molecule has 0 heterocycles. The first-order chi connectivity index (χ1) is 9.08. The van der Waals surface area contributed by atoms with Gasteiger partial charge in [-0.05, 0) is 18.4 Å². The average Bonchev–Trinajstić information content (AvgIpc) is 2.39. The van der Waals surface area contributed by atoms with Crippen molar-refractivity contribution in [1.82, 2.24) is 5.32 Å². The number of nitrogens with two attached hydrogens (primary N) is 1. The molecule has 0 radical (unpaired) electrons. The molecule has 0 saturated carbocycles. The fraction of sp³-hybridized carbons (Fsp3) is 0.143. The van der Waals surface area contributed by atoms with Gasteiger partial charge in [0, 0.05) is 5.39 Å². The van der Waals surface area contributed by atoms with Crippen LogP contribution in [0.25, 0.3) is 10.8 Å². The van der Waals surface area contributed by atoms with Crippen molar-refractivity contribution in [3.05, 3.63) is 42.5 Å². The molecule has 0 saturated heterocycles. The molecule has 5 N–H and O–H groups in total. The van der Waals surface area contributed by atoms with Gasteiger partial charge < -0.3 is 16.4 Å². The highest BCUT2D eigenvalue weighted by molar-refractivity contribution is 6.02. The van der Waals surface area contributed by atoms with Crippen molar-refractivity contribution in [3.63, 3.8) is 0 Å². The minimum Gasteiger partial charge on any atom is -0.386 e. The lowest BCUT2D eigenvalue weighted by Crippen LogP contribution is -2.43. The molecule has 0 aliphatic rings. The zero-order chi connectivity index (χ0) is 13.8. The second-order valence-electron chi connectivity index (χ2n) is 4.30. The van der Waals surface area contributed by atoms with E-state index in [-0.39, 0.29) is 11.9 Å². The van der Waals surface area contributed by atoms with E-state index in [2.05, 4.69) is 10.6 Å². The molecular formula is C14H16N4O. The van der Waals surface area contributed by atoms with Crippen LogP contribution in [0.2, 0.25) is 0 Å². The largest absolute Gasteiger partial charge is 0.386 e. The summed E-state index contributed by atoms with van der Waals surface area (Å²) >= 11 is 0. The van der Waals surface area contributed by atoms with E-state index in [0.29, 0.717) is 0 Å². The Morgan fingerprint density at radius 1 is 1.21 bits per heavy atom. The predicted molar refractivity (Wildman–Crippen MR) is 77.5 cm³/mol. The van der Waals surface area contributed by atoms with Crippen molar-refractivity contribution in [2.75, 3.05) is 5.32 Å². The third kappa shape index (κ3) is 3.01. The maximum atomic E-state index is 11.8. The van der Waals surface area contributed by atoms with Gasteiger partial charge in [-0.2, -0.15) is 0 Å². The Hall–Kier alpha value is -2.56. The van der Waals surface area contributed by atoms with Crippen LogP contribution in [0.15, 0.2) is 42.5 Å². The van der Waals surface area contributed by atoms with Gasteiger partial charge in [0.05, 0.1) is 11.7 Å². The van der Waals surface area contributed by atoms with E-state index < -0.39 is 6.04 Å². The number of benzene rings is 2. The number of urea groups is 1. The number of carbonyl (C=O) groups is 1. The van der Waals surface area contributed by atoms with E-state index >= 15 is 0 Å². The summed E-state index contributed by atoms with van der Waals surface area (Å²) < 4.78 is 0. The summed E-state index contributed by atoms with van der Waals surface area (Å²) in [5.41, 5.74) is 6.04. The molecule has 2 aromatic rings. The number of amides is 2. The van der Waals surface area contributed by atoms with Gasteiger partial charge in [0.15, 0.2) is 0 Å². The molecule has 1 atom stereocenters. The van der Waals surface area contributed by atoms with Crippen LogP contribution in [0.1, 0.15) is 6.92 Å². The van der Waals surface area contributed by atoms with E-state index in [1.54, 1.807) is 6.92 Å². The first-order valence-corrected chi connectivity index (χ1v) is 5.97. The molecule has 5 nitrogen and oxygen atoms in total. The molecule has 2 amide bonds. The van der Waals surface area contributed by atoms with Crippen LogP contribution in [0.3, 0.4) is 0 Å². The lowest BCUT2D eigenvalue weighted by molar-refractivity contribution is 0.251. The third-order valence-electron chi connectivity index (χ3n) is 2.85. The van der Waals surface area contributed by atoms with Gasteiger partial charge in [-0.15, -0.1) is 0 Å². The fourth-order valence-electron chi connectivity index (χ4n) is 1.77. The van der Waals surface area contributed by atoms with Crippen LogP contribution < -0.4 is 16.4 Å². The molecule has 0 aliphatic heterocycles. The summed E-state index contributed by atoms with van der Waals surface area (Å²) in [6.07, 6.45) is 0. The summed E-state index contributed by atoms with van der Waals surface area (Å²) in [4.78, 5) is 11.8. The Labute approximate surface area is 111 Å². The molecule has 0 fully saturated rings. The maximum Gasteiger partial charge on any atom is 0.319 e. The molecule has 2 rings (SSSR count). The summed E-state index contributed by atoms with van der Waals surface area (Å²) in [5.74, 6) is -0.0759. The highest BCUT2D eigenvalue weighted by Crippen LogP contribution is 2.22. The lowest BCUT2D eigenvalue weighted by atomic mass is 10.1.